The summed E-state index contributed by atoms with van der Waals surface area (Å²) in [6.45, 7) is 5.61. The lowest BCUT2D eigenvalue weighted by Crippen LogP contribution is -2.47. The van der Waals surface area contributed by atoms with Gasteiger partial charge in [0.15, 0.2) is 0 Å². The van der Waals surface area contributed by atoms with Crippen molar-refractivity contribution in [3.63, 3.8) is 0 Å². The number of rotatable bonds is 7. The summed E-state index contributed by atoms with van der Waals surface area (Å²) >= 11 is 0. The van der Waals surface area contributed by atoms with Gasteiger partial charge in [0.2, 0.25) is 5.91 Å². The van der Waals surface area contributed by atoms with E-state index in [1.807, 2.05) is 32.9 Å². The molecule has 0 heterocycles. The van der Waals surface area contributed by atoms with Gasteiger partial charge in [-0.05, 0) is 55.5 Å². The van der Waals surface area contributed by atoms with Crippen LogP contribution in [0.4, 0.5) is 5.69 Å². The Labute approximate surface area is 171 Å². The van der Waals surface area contributed by atoms with Crippen molar-refractivity contribution in [2.45, 2.75) is 45.7 Å². The zero-order chi connectivity index (χ0) is 21.0. The van der Waals surface area contributed by atoms with Gasteiger partial charge in [-0.25, -0.2) is 0 Å². The molecule has 2 aromatic rings. The largest absolute Gasteiger partial charge is 0.349 e. The zero-order valence-electron chi connectivity index (χ0n) is 17.0. The predicted molar refractivity (Wildman–Crippen MR) is 113 cm³/mol. The number of anilines is 1. The quantitative estimate of drug-likeness (QED) is 0.675. The van der Waals surface area contributed by atoms with Crippen molar-refractivity contribution in [1.82, 2.24) is 10.6 Å². The molecular formula is C23H27N3O3. The Balaban J connectivity index is 1.69. The van der Waals surface area contributed by atoms with Crippen molar-refractivity contribution < 1.29 is 14.4 Å². The first-order chi connectivity index (χ1) is 13.8. The van der Waals surface area contributed by atoms with Crippen molar-refractivity contribution in [1.29, 1.82) is 0 Å². The van der Waals surface area contributed by atoms with Gasteiger partial charge >= 0.3 is 0 Å². The van der Waals surface area contributed by atoms with E-state index in [1.165, 1.54) is 0 Å². The van der Waals surface area contributed by atoms with Crippen molar-refractivity contribution in [2.24, 2.45) is 5.92 Å². The molecule has 6 heteroatoms. The summed E-state index contributed by atoms with van der Waals surface area (Å²) in [4.78, 5) is 37.7. The summed E-state index contributed by atoms with van der Waals surface area (Å²) in [7, 11) is 0. The second-order valence-corrected chi connectivity index (χ2v) is 7.83. The summed E-state index contributed by atoms with van der Waals surface area (Å²) < 4.78 is 0. The van der Waals surface area contributed by atoms with Crippen molar-refractivity contribution in [3.8, 4) is 0 Å². The lowest BCUT2D eigenvalue weighted by Gasteiger charge is -2.22. The Hall–Kier alpha value is -3.15. The minimum Gasteiger partial charge on any atom is -0.349 e. The molecule has 0 unspecified atom stereocenters. The number of carbonyl (C=O) groups is 3. The van der Waals surface area contributed by atoms with Gasteiger partial charge in [0.1, 0.15) is 6.04 Å². The molecular weight excluding hydrogens is 366 g/mol. The van der Waals surface area contributed by atoms with E-state index in [4.69, 9.17) is 0 Å². The van der Waals surface area contributed by atoms with Crippen LogP contribution in [0.15, 0.2) is 48.5 Å². The Morgan fingerprint density at radius 3 is 2.34 bits per heavy atom. The minimum absolute atomic E-state index is 0.107. The molecule has 1 fully saturated rings. The maximum absolute atomic E-state index is 12.8. The third-order valence-corrected chi connectivity index (χ3v) is 4.93. The smallest absolute Gasteiger partial charge is 0.252 e. The molecule has 0 aromatic heterocycles. The highest BCUT2D eigenvalue weighted by Gasteiger charge is 2.26. The molecule has 1 atom stereocenters. The SMILES string of the molecule is Cc1ccccc1C(=O)N[C@@H](C(=O)Nc1cccc(C(=O)NC2CC2)c1)C(C)C. The first kappa shape index (κ1) is 20.6. The third kappa shape index (κ3) is 5.44. The van der Waals surface area contributed by atoms with E-state index in [9.17, 15) is 14.4 Å². The Kier molecular flexibility index (Phi) is 6.32. The molecule has 1 aliphatic rings. The van der Waals surface area contributed by atoms with Gasteiger partial charge < -0.3 is 16.0 Å². The molecule has 3 amide bonds. The Morgan fingerprint density at radius 1 is 0.966 bits per heavy atom. The van der Waals surface area contributed by atoms with E-state index >= 15 is 0 Å². The van der Waals surface area contributed by atoms with Crippen LogP contribution in [0.3, 0.4) is 0 Å². The van der Waals surface area contributed by atoms with Crippen LogP contribution in [0.2, 0.25) is 0 Å². The monoisotopic (exact) mass is 393 g/mol. The van der Waals surface area contributed by atoms with E-state index in [-0.39, 0.29) is 29.7 Å². The fourth-order valence-electron chi connectivity index (χ4n) is 3.04. The summed E-state index contributed by atoms with van der Waals surface area (Å²) in [5, 5.41) is 8.59. The van der Waals surface area contributed by atoms with Crippen LogP contribution in [0.1, 0.15) is 53.0 Å². The van der Waals surface area contributed by atoms with Crippen LogP contribution in [0.5, 0.6) is 0 Å². The van der Waals surface area contributed by atoms with Gasteiger partial charge in [-0.3, -0.25) is 14.4 Å². The van der Waals surface area contributed by atoms with Crippen LogP contribution < -0.4 is 16.0 Å². The van der Waals surface area contributed by atoms with Crippen LogP contribution >= 0.6 is 0 Å². The van der Waals surface area contributed by atoms with E-state index in [1.54, 1.807) is 36.4 Å². The van der Waals surface area contributed by atoms with Gasteiger partial charge in [0.05, 0.1) is 0 Å². The first-order valence-corrected chi connectivity index (χ1v) is 9.93. The van der Waals surface area contributed by atoms with Crippen LogP contribution in [-0.2, 0) is 4.79 Å². The number of aryl methyl sites for hydroxylation is 1. The maximum atomic E-state index is 12.8. The average Bonchev–Trinajstić information content (AvgIpc) is 3.50. The molecule has 2 aromatic carbocycles. The van der Waals surface area contributed by atoms with Crippen LogP contribution in [-0.4, -0.2) is 29.8 Å². The van der Waals surface area contributed by atoms with E-state index in [0.29, 0.717) is 16.8 Å². The number of hydrogen-bond donors (Lipinski definition) is 3. The fourth-order valence-corrected chi connectivity index (χ4v) is 3.04. The van der Waals surface area contributed by atoms with Crippen molar-refractivity contribution in [2.75, 3.05) is 5.32 Å². The molecule has 6 nitrogen and oxygen atoms in total. The highest BCUT2D eigenvalue weighted by atomic mass is 16.2. The second kappa shape index (κ2) is 8.90. The van der Waals surface area contributed by atoms with Gasteiger partial charge in [0, 0.05) is 22.9 Å². The molecule has 3 N–H and O–H groups in total. The van der Waals surface area contributed by atoms with Crippen molar-refractivity contribution in [3.05, 3.63) is 65.2 Å². The maximum Gasteiger partial charge on any atom is 0.252 e. The molecule has 0 bridgehead atoms. The summed E-state index contributed by atoms with van der Waals surface area (Å²) in [5.41, 5.74) is 2.42. The molecule has 29 heavy (non-hydrogen) atoms. The lowest BCUT2D eigenvalue weighted by atomic mass is 10.0. The van der Waals surface area contributed by atoms with Crippen molar-refractivity contribution >= 4 is 23.4 Å². The molecule has 0 saturated heterocycles. The van der Waals surface area contributed by atoms with Gasteiger partial charge in [-0.15, -0.1) is 0 Å². The number of amides is 3. The molecule has 1 aliphatic carbocycles. The number of benzene rings is 2. The summed E-state index contributed by atoms with van der Waals surface area (Å²) in [6, 6.07) is 13.6. The minimum atomic E-state index is -0.703. The standard InChI is InChI=1S/C23H27N3O3/c1-14(2)20(26-22(28)19-10-5-4-7-15(19)3)23(29)25-18-9-6-8-16(13-18)21(27)24-17-11-12-17/h4-10,13-14,17,20H,11-12H2,1-3H3,(H,24,27)(H,25,29)(H,26,28)/t20-/m1/s1. The molecule has 0 radical (unpaired) electrons. The highest BCUT2D eigenvalue weighted by Crippen LogP contribution is 2.20. The highest BCUT2D eigenvalue weighted by molar-refractivity contribution is 6.02. The summed E-state index contributed by atoms with van der Waals surface area (Å²) in [6.07, 6.45) is 2.03. The molecule has 152 valence electrons. The molecule has 0 aliphatic heterocycles. The normalized spacial score (nSPS) is 14.2. The second-order valence-electron chi connectivity index (χ2n) is 7.83. The van der Waals surface area contributed by atoms with E-state index in [2.05, 4.69) is 16.0 Å². The summed E-state index contributed by atoms with van der Waals surface area (Å²) in [5.74, 6) is -0.850. The van der Waals surface area contributed by atoms with Gasteiger partial charge in [-0.1, -0.05) is 38.1 Å². The third-order valence-electron chi connectivity index (χ3n) is 4.93. The lowest BCUT2D eigenvalue weighted by molar-refractivity contribution is -0.118. The van der Waals surface area contributed by atoms with Gasteiger partial charge in [-0.2, -0.15) is 0 Å². The zero-order valence-corrected chi connectivity index (χ0v) is 17.0. The first-order valence-electron chi connectivity index (χ1n) is 9.93. The Morgan fingerprint density at radius 2 is 1.69 bits per heavy atom. The number of hydrogen-bond acceptors (Lipinski definition) is 3. The fraction of sp³-hybridized carbons (Fsp3) is 0.348. The number of carbonyl (C=O) groups excluding carboxylic acids is 3. The van der Waals surface area contributed by atoms with Crippen LogP contribution in [0.25, 0.3) is 0 Å². The average molecular weight is 393 g/mol. The molecule has 0 spiro atoms. The topological polar surface area (TPSA) is 87.3 Å². The predicted octanol–water partition coefficient (Wildman–Crippen LogP) is 3.28. The molecule has 1 saturated carbocycles. The van der Waals surface area contributed by atoms with E-state index < -0.39 is 6.04 Å². The van der Waals surface area contributed by atoms with Crippen LogP contribution in [0, 0.1) is 12.8 Å². The molecule has 3 rings (SSSR count). The Bertz CT molecular complexity index is 919. The van der Waals surface area contributed by atoms with E-state index in [0.717, 1.165) is 18.4 Å². The number of nitrogens with one attached hydrogen (secondary N) is 3. The van der Waals surface area contributed by atoms with Gasteiger partial charge in [0.25, 0.3) is 11.8 Å².